The van der Waals surface area contributed by atoms with E-state index in [9.17, 15) is 4.21 Å². The molecule has 0 bridgehead atoms. The molecule has 1 aliphatic heterocycles. The number of para-hydroxylation sites is 1. The Bertz CT molecular complexity index is 713. The Morgan fingerprint density at radius 2 is 1.62 bits per heavy atom. The van der Waals surface area contributed by atoms with Gasteiger partial charge in [0.05, 0.1) is 6.54 Å². The van der Waals surface area contributed by atoms with E-state index in [2.05, 4.69) is 10.2 Å². The lowest BCUT2D eigenvalue weighted by molar-refractivity contribution is 0.340. The van der Waals surface area contributed by atoms with E-state index in [1.165, 1.54) is 19.3 Å². The lowest BCUT2D eigenvalue weighted by atomic mass is 10.1. The lowest BCUT2D eigenvalue weighted by Gasteiger charge is -2.30. The smallest absolute Gasteiger partial charge is 0.198 e. The van der Waals surface area contributed by atoms with Gasteiger partial charge in [-0.3, -0.25) is 9.20 Å². The van der Waals surface area contributed by atoms with E-state index in [-0.39, 0.29) is 0 Å². The van der Waals surface area contributed by atoms with Crippen molar-refractivity contribution in [2.75, 3.05) is 30.7 Å². The van der Waals surface area contributed by atoms with Gasteiger partial charge in [-0.25, -0.2) is 0 Å². The minimum absolute atomic E-state index is 0.575. The second-order valence-corrected chi connectivity index (χ2v) is 8.09. The van der Waals surface area contributed by atoms with Gasteiger partial charge in [0.15, 0.2) is 5.96 Å². The van der Waals surface area contributed by atoms with E-state index < -0.39 is 10.8 Å². The van der Waals surface area contributed by atoms with Crippen LogP contribution >= 0.6 is 0 Å². The quantitative estimate of drug-likeness (QED) is 0.621. The topological polar surface area (TPSA) is 44.7 Å². The number of aliphatic imine (C=N–C) groups is 1. The monoisotopic (exact) mass is 369 g/mol. The van der Waals surface area contributed by atoms with Crippen LogP contribution in [0.4, 0.5) is 5.69 Å². The number of hydrogen-bond acceptors (Lipinski definition) is 2. The van der Waals surface area contributed by atoms with Gasteiger partial charge in [-0.2, -0.15) is 0 Å². The molecule has 26 heavy (non-hydrogen) atoms. The number of anilines is 1. The third kappa shape index (κ3) is 5.99. The molecule has 4 nitrogen and oxygen atoms in total. The number of benzene rings is 2. The fraction of sp³-hybridized carbons (Fsp3) is 0.381. The SMILES string of the molecule is O=S(CCN=C(Nc1ccccc1)N1CCCCC1)Cc1ccccc1. The van der Waals surface area contributed by atoms with Gasteiger partial charge in [-0.15, -0.1) is 0 Å². The van der Waals surface area contributed by atoms with Crippen molar-refractivity contribution in [1.82, 2.24) is 4.90 Å². The average molecular weight is 370 g/mol. The molecular formula is C21H27N3OS. The molecule has 0 aromatic heterocycles. The van der Waals surface area contributed by atoms with Crippen molar-refractivity contribution in [3.8, 4) is 0 Å². The third-order valence-electron chi connectivity index (χ3n) is 4.44. The van der Waals surface area contributed by atoms with E-state index in [0.29, 0.717) is 18.1 Å². The van der Waals surface area contributed by atoms with Gasteiger partial charge in [0.2, 0.25) is 0 Å². The van der Waals surface area contributed by atoms with Gasteiger partial charge >= 0.3 is 0 Å². The second-order valence-electron chi connectivity index (χ2n) is 6.52. The summed E-state index contributed by atoms with van der Waals surface area (Å²) in [6.45, 7) is 2.64. The van der Waals surface area contributed by atoms with E-state index in [0.717, 1.165) is 30.3 Å². The van der Waals surface area contributed by atoms with Gasteiger partial charge in [-0.1, -0.05) is 48.5 Å². The molecule has 1 unspecified atom stereocenters. The molecule has 0 radical (unpaired) electrons. The normalized spacial score (nSPS) is 16.3. The number of piperidine rings is 1. The first-order valence-corrected chi connectivity index (χ1v) is 10.8. The molecule has 5 heteroatoms. The summed E-state index contributed by atoms with van der Waals surface area (Å²) in [4.78, 5) is 7.08. The highest BCUT2D eigenvalue weighted by molar-refractivity contribution is 7.84. The number of nitrogens with one attached hydrogen (secondary N) is 1. The van der Waals surface area contributed by atoms with Crippen LogP contribution in [0.5, 0.6) is 0 Å². The van der Waals surface area contributed by atoms with E-state index in [1.807, 2.05) is 60.7 Å². The molecule has 1 atom stereocenters. The van der Waals surface area contributed by atoms with E-state index in [1.54, 1.807) is 0 Å². The zero-order valence-corrected chi connectivity index (χ0v) is 16.0. The summed E-state index contributed by atoms with van der Waals surface area (Å²) in [6, 6.07) is 20.2. The van der Waals surface area contributed by atoms with Crippen molar-refractivity contribution in [2.24, 2.45) is 4.99 Å². The first kappa shape index (κ1) is 18.6. The van der Waals surface area contributed by atoms with E-state index in [4.69, 9.17) is 4.99 Å². The lowest BCUT2D eigenvalue weighted by Crippen LogP contribution is -2.40. The number of hydrogen-bond donors (Lipinski definition) is 1. The van der Waals surface area contributed by atoms with Crippen molar-refractivity contribution in [3.63, 3.8) is 0 Å². The van der Waals surface area contributed by atoms with Crippen molar-refractivity contribution >= 4 is 22.4 Å². The van der Waals surface area contributed by atoms with Gasteiger partial charge in [0.25, 0.3) is 0 Å². The zero-order valence-electron chi connectivity index (χ0n) is 15.1. The molecule has 2 aromatic rings. The first-order valence-electron chi connectivity index (χ1n) is 9.31. The molecule has 0 amide bonds. The van der Waals surface area contributed by atoms with Gasteiger partial charge in [0.1, 0.15) is 0 Å². The largest absolute Gasteiger partial charge is 0.343 e. The third-order valence-corrected chi connectivity index (χ3v) is 5.73. The van der Waals surface area contributed by atoms with Crippen LogP contribution in [-0.2, 0) is 16.6 Å². The van der Waals surface area contributed by atoms with Crippen LogP contribution in [-0.4, -0.2) is 40.5 Å². The summed E-state index contributed by atoms with van der Waals surface area (Å²) >= 11 is 0. The molecule has 138 valence electrons. The molecule has 1 fully saturated rings. The molecule has 1 heterocycles. The van der Waals surface area contributed by atoms with Crippen LogP contribution in [0, 0.1) is 0 Å². The first-order chi connectivity index (χ1) is 12.8. The Kier molecular flexibility index (Phi) is 7.25. The highest BCUT2D eigenvalue weighted by atomic mass is 32.2. The van der Waals surface area contributed by atoms with Crippen LogP contribution < -0.4 is 5.32 Å². The van der Waals surface area contributed by atoms with Crippen molar-refractivity contribution in [1.29, 1.82) is 0 Å². The predicted octanol–water partition coefficient (Wildman–Crippen LogP) is 3.89. The Morgan fingerprint density at radius 1 is 0.962 bits per heavy atom. The van der Waals surface area contributed by atoms with Crippen molar-refractivity contribution in [2.45, 2.75) is 25.0 Å². The van der Waals surface area contributed by atoms with Crippen molar-refractivity contribution in [3.05, 3.63) is 66.2 Å². The number of rotatable bonds is 6. The summed E-state index contributed by atoms with van der Waals surface area (Å²) in [6.07, 6.45) is 3.70. The minimum Gasteiger partial charge on any atom is -0.343 e. The fourth-order valence-corrected chi connectivity index (χ4v) is 4.06. The van der Waals surface area contributed by atoms with Gasteiger partial charge < -0.3 is 10.2 Å². The Labute approximate surface area is 158 Å². The van der Waals surface area contributed by atoms with Crippen molar-refractivity contribution < 1.29 is 4.21 Å². The molecule has 2 aromatic carbocycles. The van der Waals surface area contributed by atoms with Crippen LogP contribution in [0.15, 0.2) is 65.7 Å². The number of nitrogens with zero attached hydrogens (tertiary/aromatic N) is 2. The summed E-state index contributed by atoms with van der Waals surface area (Å²) in [5.41, 5.74) is 2.16. The highest BCUT2D eigenvalue weighted by Gasteiger charge is 2.15. The van der Waals surface area contributed by atoms with Gasteiger partial charge in [-0.05, 0) is 37.0 Å². The average Bonchev–Trinajstić information content (AvgIpc) is 2.69. The molecule has 0 saturated carbocycles. The fourth-order valence-electron chi connectivity index (χ4n) is 3.06. The molecule has 0 spiro atoms. The maximum atomic E-state index is 12.3. The zero-order chi connectivity index (χ0) is 18.0. The van der Waals surface area contributed by atoms with E-state index >= 15 is 0 Å². The molecule has 0 aliphatic carbocycles. The molecule has 3 rings (SSSR count). The Hall–Kier alpha value is -2.14. The number of likely N-dealkylation sites (tertiary alicyclic amines) is 1. The van der Waals surface area contributed by atoms with Crippen LogP contribution in [0.3, 0.4) is 0 Å². The maximum Gasteiger partial charge on any atom is 0.198 e. The summed E-state index contributed by atoms with van der Waals surface area (Å²) < 4.78 is 12.3. The summed E-state index contributed by atoms with van der Waals surface area (Å²) in [5.74, 6) is 2.09. The van der Waals surface area contributed by atoms with Crippen LogP contribution in [0.25, 0.3) is 0 Å². The summed E-state index contributed by atoms with van der Waals surface area (Å²) in [5, 5.41) is 3.45. The minimum atomic E-state index is -0.892. The maximum absolute atomic E-state index is 12.3. The standard InChI is InChI=1S/C21H27N3OS/c25-26(18-19-10-4-1-5-11-19)17-14-22-21(24-15-8-3-9-16-24)23-20-12-6-2-7-13-20/h1-2,4-7,10-13H,3,8-9,14-18H2,(H,22,23). The summed E-state index contributed by atoms with van der Waals surface area (Å²) in [7, 11) is -0.892. The molecule has 1 saturated heterocycles. The molecular weight excluding hydrogens is 342 g/mol. The number of guanidine groups is 1. The molecule has 1 N–H and O–H groups in total. The Balaban J connectivity index is 1.59. The predicted molar refractivity (Wildman–Crippen MR) is 111 cm³/mol. The van der Waals surface area contributed by atoms with Crippen LogP contribution in [0.1, 0.15) is 24.8 Å². The molecule has 1 aliphatic rings. The van der Waals surface area contributed by atoms with Gasteiger partial charge in [0, 0.05) is 41.1 Å². The second kappa shape index (κ2) is 10.1. The van der Waals surface area contributed by atoms with Crippen LogP contribution in [0.2, 0.25) is 0 Å². The highest BCUT2D eigenvalue weighted by Crippen LogP contribution is 2.12. The Morgan fingerprint density at radius 3 is 2.31 bits per heavy atom.